The highest BCUT2D eigenvalue weighted by Crippen LogP contribution is 2.50. The molecule has 0 saturated carbocycles. The van der Waals surface area contributed by atoms with Crippen molar-refractivity contribution in [2.24, 2.45) is 5.92 Å². The summed E-state index contributed by atoms with van der Waals surface area (Å²) in [6.07, 6.45) is 2.17. The lowest BCUT2D eigenvalue weighted by Gasteiger charge is -2.63. The van der Waals surface area contributed by atoms with Crippen molar-refractivity contribution in [2.75, 3.05) is 13.2 Å². The maximum atomic E-state index is 12.7. The summed E-state index contributed by atoms with van der Waals surface area (Å²) in [5, 5.41) is 5.36. The zero-order valence-corrected chi connectivity index (χ0v) is 16.2. The van der Waals surface area contributed by atoms with Gasteiger partial charge in [-0.2, -0.15) is 0 Å². The van der Waals surface area contributed by atoms with Crippen LogP contribution in [0, 0.1) is 5.92 Å². The molecule has 0 aliphatic carbocycles. The highest BCUT2D eigenvalue weighted by Gasteiger charge is 2.64. The van der Waals surface area contributed by atoms with E-state index in [1.165, 1.54) is 6.92 Å². The van der Waals surface area contributed by atoms with E-state index in [0.29, 0.717) is 19.6 Å². The molecule has 0 aromatic rings. The van der Waals surface area contributed by atoms with Crippen LogP contribution in [0.25, 0.3) is 0 Å². The number of urea groups is 1. The standard InChI is InChI=1S/C18H31N3O4/c1-7-16(5)11-18(14(23)19-15(24)20-18)12(3)17(6,8-2)21(16)9-10-25-13(4)22/h12H,7-11H2,1-6H3,(H2,19,20,23,24). The minimum atomic E-state index is -0.898. The van der Waals surface area contributed by atoms with Gasteiger partial charge in [0.15, 0.2) is 0 Å². The summed E-state index contributed by atoms with van der Waals surface area (Å²) >= 11 is 0. The Morgan fingerprint density at radius 1 is 1.28 bits per heavy atom. The molecule has 142 valence electrons. The van der Waals surface area contributed by atoms with Gasteiger partial charge in [0.2, 0.25) is 0 Å². The number of nitrogens with zero attached hydrogens (tertiary/aromatic N) is 1. The van der Waals surface area contributed by atoms with E-state index in [1.54, 1.807) is 0 Å². The number of likely N-dealkylation sites (tertiary alicyclic amines) is 1. The van der Waals surface area contributed by atoms with E-state index in [0.717, 1.165) is 12.8 Å². The van der Waals surface area contributed by atoms with Gasteiger partial charge in [-0.15, -0.1) is 0 Å². The van der Waals surface area contributed by atoms with Gasteiger partial charge in [0.25, 0.3) is 5.91 Å². The predicted octanol–water partition coefficient (Wildman–Crippen LogP) is 1.81. The van der Waals surface area contributed by atoms with Crippen molar-refractivity contribution in [3.8, 4) is 0 Å². The molecule has 3 amide bonds. The molecule has 2 aliphatic heterocycles. The third kappa shape index (κ3) is 3.03. The molecular formula is C18H31N3O4. The fourth-order valence-corrected chi connectivity index (χ4v) is 4.78. The Kier molecular flexibility index (Phi) is 5.19. The molecular weight excluding hydrogens is 322 g/mol. The number of imide groups is 1. The lowest BCUT2D eigenvalue weighted by atomic mass is 9.60. The van der Waals surface area contributed by atoms with E-state index in [1.807, 2.05) is 6.92 Å². The highest BCUT2D eigenvalue weighted by molar-refractivity contribution is 6.07. The Morgan fingerprint density at radius 2 is 1.92 bits per heavy atom. The number of rotatable bonds is 5. The molecule has 0 aromatic carbocycles. The summed E-state index contributed by atoms with van der Waals surface area (Å²) in [4.78, 5) is 38.1. The van der Waals surface area contributed by atoms with Crippen molar-refractivity contribution >= 4 is 17.9 Å². The maximum Gasteiger partial charge on any atom is 0.322 e. The molecule has 25 heavy (non-hydrogen) atoms. The molecule has 2 rings (SSSR count). The zero-order chi connectivity index (χ0) is 19.0. The van der Waals surface area contributed by atoms with Gasteiger partial charge in [-0.05, 0) is 33.1 Å². The van der Waals surface area contributed by atoms with Gasteiger partial charge in [-0.3, -0.25) is 19.8 Å². The predicted molar refractivity (Wildman–Crippen MR) is 93.9 cm³/mol. The second kappa shape index (κ2) is 6.59. The van der Waals surface area contributed by atoms with Crippen LogP contribution in [0.15, 0.2) is 0 Å². The average Bonchev–Trinajstić information content (AvgIpc) is 2.82. The number of hydrogen-bond donors (Lipinski definition) is 2. The number of nitrogens with one attached hydrogen (secondary N) is 2. The first-order valence-electron chi connectivity index (χ1n) is 9.10. The van der Waals surface area contributed by atoms with Gasteiger partial charge in [-0.25, -0.2) is 4.79 Å². The first-order valence-corrected chi connectivity index (χ1v) is 9.10. The number of carbonyl (C=O) groups is 3. The number of esters is 1. The van der Waals surface area contributed by atoms with Gasteiger partial charge in [0.05, 0.1) is 0 Å². The van der Waals surface area contributed by atoms with Crippen LogP contribution < -0.4 is 10.6 Å². The van der Waals surface area contributed by atoms with Crippen LogP contribution in [0.5, 0.6) is 0 Å². The van der Waals surface area contributed by atoms with Crippen molar-refractivity contribution in [1.82, 2.24) is 15.5 Å². The molecule has 2 fully saturated rings. The van der Waals surface area contributed by atoms with E-state index in [-0.39, 0.29) is 28.9 Å². The third-order valence-corrected chi connectivity index (χ3v) is 6.67. The molecule has 2 heterocycles. The summed E-state index contributed by atoms with van der Waals surface area (Å²) in [7, 11) is 0. The van der Waals surface area contributed by atoms with Crippen molar-refractivity contribution in [3.63, 3.8) is 0 Å². The molecule has 0 radical (unpaired) electrons. The second-order valence-electron chi connectivity index (χ2n) is 7.83. The van der Waals surface area contributed by atoms with Crippen LogP contribution in [0.3, 0.4) is 0 Å². The van der Waals surface area contributed by atoms with E-state index < -0.39 is 11.6 Å². The van der Waals surface area contributed by atoms with E-state index in [4.69, 9.17) is 4.74 Å². The number of carbonyl (C=O) groups excluding carboxylic acids is 3. The number of hydrogen-bond acceptors (Lipinski definition) is 5. The Bertz CT molecular complexity index is 581. The minimum Gasteiger partial charge on any atom is -0.465 e. The zero-order valence-electron chi connectivity index (χ0n) is 16.2. The molecule has 4 unspecified atom stereocenters. The summed E-state index contributed by atoms with van der Waals surface area (Å²) < 4.78 is 5.18. The van der Waals surface area contributed by atoms with Crippen LogP contribution in [0.4, 0.5) is 4.79 Å². The minimum absolute atomic E-state index is 0.0894. The molecule has 0 bridgehead atoms. The Labute approximate surface area is 149 Å². The van der Waals surface area contributed by atoms with Gasteiger partial charge in [0.1, 0.15) is 12.1 Å². The van der Waals surface area contributed by atoms with Crippen LogP contribution in [-0.4, -0.2) is 52.6 Å². The fraction of sp³-hybridized carbons (Fsp3) is 0.833. The fourth-order valence-electron chi connectivity index (χ4n) is 4.78. The number of amides is 3. The van der Waals surface area contributed by atoms with E-state index in [2.05, 4.69) is 43.2 Å². The first kappa shape index (κ1) is 19.7. The largest absolute Gasteiger partial charge is 0.465 e. The second-order valence-corrected chi connectivity index (χ2v) is 7.83. The Morgan fingerprint density at radius 3 is 2.36 bits per heavy atom. The molecule has 2 saturated heterocycles. The van der Waals surface area contributed by atoms with Gasteiger partial charge >= 0.3 is 12.0 Å². The molecule has 2 N–H and O–H groups in total. The first-order chi connectivity index (χ1) is 11.6. The quantitative estimate of drug-likeness (QED) is 0.581. The van der Waals surface area contributed by atoms with Crippen LogP contribution >= 0.6 is 0 Å². The Hall–Kier alpha value is -1.63. The van der Waals surface area contributed by atoms with Gasteiger partial charge < -0.3 is 10.1 Å². The van der Waals surface area contributed by atoms with Crippen LogP contribution in [0.1, 0.15) is 60.8 Å². The third-order valence-electron chi connectivity index (χ3n) is 6.67. The Balaban J connectivity index is 2.43. The molecule has 7 heteroatoms. The number of ether oxygens (including phenoxy) is 1. The topological polar surface area (TPSA) is 87.7 Å². The molecule has 2 aliphatic rings. The summed E-state index contributed by atoms with van der Waals surface area (Å²) in [5.74, 6) is -0.613. The summed E-state index contributed by atoms with van der Waals surface area (Å²) in [6, 6.07) is -0.415. The molecule has 1 spiro atoms. The van der Waals surface area contributed by atoms with Crippen molar-refractivity contribution < 1.29 is 19.1 Å². The molecule has 0 aromatic heterocycles. The maximum absolute atomic E-state index is 12.7. The van der Waals surface area contributed by atoms with Crippen LogP contribution in [-0.2, 0) is 14.3 Å². The smallest absolute Gasteiger partial charge is 0.322 e. The normalized spacial score (nSPS) is 38.6. The highest BCUT2D eigenvalue weighted by atomic mass is 16.5. The SMILES string of the molecule is CCC1(C)CC2(NC(=O)NC2=O)C(C)C(C)(CC)N1CCOC(C)=O. The lowest BCUT2D eigenvalue weighted by molar-refractivity contribution is -0.156. The van der Waals surface area contributed by atoms with Crippen molar-refractivity contribution in [2.45, 2.75) is 77.4 Å². The van der Waals surface area contributed by atoms with Crippen molar-refractivity contribution in [3.05, 3.63) is 0 Å². The molecule has 7 nitrogen and oxygen atoms in total. The summed E-state index contributed by atoms with van der Waals surface area (Å²) in [5.41, 5.74) is -1.52. The lowest BCUT2D eigenvalue weighted by Crippen LogP contribution is -2.75. The monoisotopic (exact) mass is 353 g/mol. The number of piperidine rings is 1. The molecule has 4 atom stereocenters. The van der Waals surface area contributed by atoms with E-state index in [9.17, 15) is 14.4 Å². The summed E-state index contributed by atoms with van der Waals surface area (Å²) in [6.45, 7) is 12.8. The van der Waals surface area contributed by atoms with Crippen molar-refractivity contribution in [1.29, 1.82) is 0 Å². The van der Waals surface area contributed by atoms with Crippen LogP contribution in [0.2, 0.25) is 0 Å². The average molecular weight is 353 g/mol. The van der Waals surface area contributed by atoms with Gasteiger partial charge in [-0.1, -0.05) is 20.8 Å². The van der Waals surface area contributed by atoms with E-state index >= 15 is 0 Å². The van der Waals surface area contributed by atoms with Gasteiger partial charge in [0, 0.05) is 30.5 Å².